The minimum absolute atomic E-state index is 0.0410. The van der Waals surface area contributed by atoms with E-state index in [-0.39, 0.29) is 35.9 Å². The van der Waals surface area contributed by atoms with Gasteiger partial charge in [0.2, 0.25) is 11.8 Å². The van der Waals surface area contributed by atoms with Crippen molar-refractivity contribution in [3.63, 3.8) is 0 Å². The summed E-state index contributed by atoms with van der Waals surface area (Å²) in [5.41, 5.74) is 0. The van der Waals surface area contributed by atoms with Crippen LogP contribution < -0.4 is 5.32 Å². The molecule has 0 bridgehead atoms. The van der Waals surface area contributed by atoms with E-state index in [4.69, 9.17) is 0 Å². The fourth-order valence-corrected chi connectivity index (χ4v) is 3.75. The number of carbonyl (C=O) groups excluding carboxylic acids is 2. The van der Waals surface area contributed by atoms with Crippen LogP contribution in [0.1, 0.15) is 60.3 Å². The van der Waals surface area contributed by atoms with Gasteiger partial charge in [0, 0.05) is 6.04 Å². The molecule has 0 aromatic heterocycles. The highest BCUT2D eigenvalue weighted by atomic mass is 16.2. The minimum Gasteiger partial charge on any atom is -0.342 e. The van der Waals surface area contributed by atoms with Crippen molar-refractivity contribution in [2.75, 3.05) is 0 Å². The van der Waals surface area contributed by atoms with E-state index in [0.29, 0.717) is 11.8 Å². The van der Waals surface area contributed by atoms with Crippen LogP contribution in [0.15, 0.2) is 0 Å². The van der Waals surface area contributed by atoms with Crippen molar-refractivity contribution >= 4 is 11.8 Å². The van der Waals surface area contributed by atoms with Gasteiger partial charge in [0.1, 0.15) is 12.1 Å². The van der Waals surface area contributed by atoms with Crippen LogP contribution in [0.25, 0.3) is 0 Å². The molecule has 0 aromatic carbocycles. The molecule has 2 amide bonds. The van der Waals surface area contributed by atoms with Gasteiger partial charge in [-0.2, -0.15) is 0 Å². The van der Waals surface area contributed by atoms with E-state index in [1.807, 2.05) is 18.7 Å². The second kappa shape index (κ2) is 6.37. The van der Waals surface area contributed by atoms with Gasteiger partial charge >= 0.3 is 0 Å². The SMILES string of the molecule is CCC(CC)C(C)N1C(=O)C(C2CC2)NC(=O)C1C(C)C. The van der Waals surface area contributed by atoms with Crippen LogP contribution in [0.4, 0.5) is 0 Å². The highest BCUT2D eigenvalue weighted by Crippen LogP contribution is 2.37. The summed E-state index contributed by atoms with van der Waals surface area (Å²) >= 11 is 0. The largest absolute Gasteiger partial charge is 0.342 e. The molecular formula is C17H30N2O2. The first-order chi connectivity index (χ1) is 9.92. The molecule has 1 N–H and O–H groups in total. The number of carbonyl (C=O) groups is 2. The standard InChI is InChI=1S/C17H30N2O2/c1-6-12(7-2)11(5)19-15(10(3)4)16(20)18-14(17(19)21)13-8-9-13/h10-15H,6-9H2,1-5H3,(H,18,20). The zero-order valence-corrected chi connectivity index (χ0v) is 14.1. The Balaban J connectivity index is 2.28. The molecule has 0 aromatic rings. The highest BCUT2D eigenvalue weighted by Gasteiger charge is 2.49. The lowest BCUT2D eigenvalue weighted by Crippen LogP contribution is -2.68. The van der Waals surface area contributed by atoms with Crippen molar-refractivity contribution in [2.45, 2.75) is 78.4 Å². The molecule has 2 aliphatic rings. The lowest BCUT2D eigenvalue weighted by atomic mass is 9.88. The van der Waals surface area contributed by atoms with Crippen LogP contribution >= 0.6 is 0 Å². The highest BCUT2D eigenvalue weighted by molar-refractivity contribution is 5.97. The average Bonchev–Trinajstić information content (AvgIpc) is 3.25. The topological polar surface area (TPSA) is 49.4 Å². The van der Waals surface area contributed by atoms with Gasteiger partial charge < -0.3 is 10.2 Å². The number of rotatable bonds is 6. The van der Waals surface area contributed by atoms with Crippen molar-refractivity contribution in [1.82, 2.24) is 10.2 Å². The monoisotopic (exact) mass is 294 g/mol. The Labute approximate surface area is 128 Å². The summed E-state index contributed by atoms with van der Waals surface area (Å²) in [6.45, 7) is 10.5. The Morgan fingerprint density at radius 3 is 2.14 bits per heavy atom. The van der Waals surface area contributed by atoms with Crippen LogP contribution in [0.3, 0.4) is 0 Å². The Bertz CT molecular complexity index is 400. The molecule has 1 saturated heterocycles. The molecule has 21 heavy (non-hydrogen) atoms. The summed E-state index contributed by atoms with van der Waals surface area (Å²) < 4.78 is 0. The predicted octanol–water partition coefficient (Wildman–Crippen LogP) is 2.57. The lowest BCUT2D eigenvalue weighted by Gasteiger charge is -2.46. The molecule has 2 fully saturated rings. The summed E-state index contributed by atoms with van der Waals surface area (Å²) in [6, 6.07) is -0.459. The van der Waals surface area contributed by atoms with Crippen molar-refractivity contribution in [3.8, 4) is 0 Å². The van der Waals surface area contributed by atoms with E-state index in [1.165, 1.54) is 0 Å². The number of hydrogen-bond acceptors (Lipinski definition) is 2. The van der Waals surface area contributed by atoms with Crippen molar-refractivity contribution < 1.29 is 9.59 Å². The third-order valence-corrected chi connectivity index (χ3v) is 5.28. The lowest BCUT2D eigenvalue weighted by molar-refractivity contribution is -0.156. The molecule has 0 radical (unpaired) electrons. The first-order valence-corrected chi connectivity index (χ1v) is 8.54. The maximum atomic E-state index is 13.0. The molecule has 4 nitrogen and oxygen atoms in total. The van der Waals surface area contributed by atoms with Crippen LogP contribution in [0, 0.1) is 17.8 Å². The number of nitrogens with zero attached hydrogens (tertiary/aromatic N) is 1. The third-order valence-electron chi connectivity index (χ3n) is 5.28. The van der Waals surface area contributed by atoms with Gasteiger partial charge in [-0.1, -0.05) is 40.5 Å². The van der Waals surface area contributed by atoms with Crippen LogP contribution in [-0.4, -0.2) is 34.8 Å². The molecule has 0 spiro atoms. The Morgan fingerprint density at radius 2 is 1.71 bits per heavy atom. The van der Waals surface area contributed by atoms with Crippen molar-refractivity contribution in [1.29, 1.82) is 0 Å². The van der Waals surface area contributed by atoms with E-state index in [1.54, 1.807) is 0 Å². The second-order valence-corrected chi connectivity index (χ2v) is 7.08. The molecule has 1 heterocycles. The zero-order chi connectivity index (χ0) is 15.7. The molecule has 2 rings (SSSR count). The third kappa shape index (κ3) is 3.09. The van der Waals surface area contributed by atoms with E-state index in [9.17, 15) is 9.59 Å². The predicted molar refractivity (Wildman–Crippen MR) is 83.7 cm³/mol. The summed E-state index contributed by atoms with van der Waals surface area (Å²) in [6.07, 6.45) is 4.22. The summed E-state index contributed by atoms with van der Waals surface area (Å²) in [5, 5.41) is 2.99. The van der Waals surface area contributed by atoms with Crippen LogP contribution in [0.5, 0.6) is 0 Å². The summed E-state index contributed by atoms with van der Waals surface area (Å²) in [5.74, 6) is 1.16. The van der Waals surface area contributed by atoms with E-state index < -0.39 is 0 Å². The van der Waals surface area contributed by atoms with Crippen molar-refractivity contribution in [2.24, 2.45) is 17.8 Å². The molecule has 1 aliphatic carbocycles. The zero-order valence-electron chi connectivity index (χ0n) is 14.1. The maximum absolute atomic E-state index is 13.0. The summed E-state index contributed by atoms with van der Waals surface area (Å²) in [4.78, 5) is 27.4. The number of nitrogens with one attached hydrogen (secondary N) is 1. The first-order valence-electron chi connectivity index (χ1n) is 8.54. The van der Waals surface area contributed by atoms with E-state index in [2.05, 4.69) is 26.1 Å². The van der Waals surface area contributed by atoms with Gasteiger partial charge in [-0.3, -0.25) is 9.59 Å². The van der Waals surface area contributed by atoms with E-state index >= 15 is 0 Å². The molecule has 1 saturated carbocycles. The molecule has 120 valence electrons. The van der Waals surface area contributed by atoms with Gasteiger partial charge in [-0.15, -0.1) is 0 Å². The smallest absolute Gasteiger partial charge is 0.246 e. The summed E-state index contributed by atoms with van der Waals surface area (Å²) in [7, 11) is 0. The van der Waals surface area contributed by atoms with Gasteiger partial charge in [-0.05, 0) is 37.5 Å². The molecule has 3 atom stereocenters. The fraction of sp³-hybridized carbons (Fsp3) is 0.882. The van der Waals surface area contributed by atoms with Crippen LogP contribution in [-0.2, 0) is 9.59 Å². The van der Waals surface area contributed by atoms with Crippen molar-refractivity contribution in [3.05, 3.63) is 0 Å². The van der Waals surface area contributed by atoms with E-state index in [0.717, 1.165) is 25.7 Å². The normalized spacial score (nSPS) is 28.2. The molecule has 4 heteroatoms. The molecule has 1 aliphatic heterocycles. The molecular weight excluding hydrogens is 264 g/mol. The number of hydrogen-bond donors (Lipinski definition) is 1. The fourth-order valence-electron chi connectivity index (χ4n) is 3.75. The quantitative estimate of drug-likeness (QED) is 0.818. The average molecular weight is 294 g/mol. The van der Waals surface area contributed by atoms with Gasteiger partial charge in [0.25, 0.3) is 0 Å². The Hall–Kier alpha value is -1.06. The first kappa shape index (κ1) is 16.3. The Morgan fingerprint density at radius 1 is 1.14 bits per heavy atom. The van der Waals surface area contributed by atoms with Crippen LogP contribution in [0.2, 0.25) is 0 Å². The molecule has 3 unspecified atom stereocenters. The van der Waals surface area contributed by atoms with Gasteiger partial charge in [0.05, 0.1) is 0 Å². The second-order valence-electron chi connectivity index (χ2n) is 7.08. The maximum Gasteiger partial charge on any atom is 0.246 e. The number of piperazine rings is 1. The number of amides is 2. The van der Waals surface area contributed by atoms with Gasteiger partial charge in [-0.25, -0.2) is 0 Å². The minimum atomic E-state index is -0.317. The van der Waals surface area contributed by atoms with Gasteiger partial charge in [0.15, 0.2) is 0 Å². The Kier molecular flexibility index (Phi) is 4.95.